The van der Waals surface area contributed by atoms with Crippen LogP contribution in [0.2, 0.25) is 0 Å². The highest BCUT2D eigenvalue weighted by molar-refractivity contribution is 9.10. The molecule has 0 bridgehead atoms. The van der Waals surface area contributed by atoms with Crippen LogP contribution in [-0.4, -0.2) is 23.9 Å². The molecule has 9 heteroatoms. The lowest BCUT2D eigenvalue weighted by molar-refractivity contribution is -0.116. The van der Waals surface area contributed by atoms with E-state index in [4.69, 9.17) is 4.74 Å². The van der Waals surface area contributed by atoms with Gasteiger partial charge in [-0.1, -0.05) is 28.1 Å². The maximum Gasteiger partial charge on any atom is 0.248 e. The molecule has 0 spiro atoms. The Hall–Kier alpha value is -3.04. The Morgan fingerprint density at radius 1 is 1.27 bits per heavy atom. The van der Waals surface area contributed by atoms with E-state index in [0.29, 0.717) is 22.3 Å². The number of anilines is 3. The summed E-state index contributed by atoms with van der Waals surface area (Å²) in [4.78, 5) is 29.9. The smallest absolute Gasteiger partial charge is 0.248 e. The van der Waals surface area contributed by atoms with Gasteiger partial charge in [-0.2, -0.15) is 0 Å². The van der Waals surface area contributed by atoms with Crippen LogP contribution in [0, 0.1) is 5.82 Å². The summed E-state index contributed by atoms with van der Waals surface area (Å²) in [5, 5.41) is 4.72. The van der Waals surface area contributed by atoms with Crippen molar-refractivity contribution in [2.75, 3.05) is 17.3 Å². The van der Waals surface area contributed by atoms with Gasteiger partial charge in [0.25, 0.3) is 0 Å². The molecule has 6 nitrogen and oxygen atoms in total. The lowest BCUT2D eigenvalue weighted by Crippen LogP contribution is -2.23. The number of carbonyl (C=O) groups is 2. The van der Waals surface area contributed by atoms with Crippen molar-refractivity contribution >= 4 is 61.7 Å². The molecule has 154 valence electrons. The maximum atomic E-state index is 14.1. The van der Waals surface area contributed by atoms with Crippen LogP contribution < -0.4 is 15.0 Å². The summed E-state index contributed by atoms with van der Waals surface area (Å²) in [6.07, 6.45) is 2.83. The fraction of sp³-hybridized carbons (Fsp3) is 0.0952. The number of rotatable bonds is 6. The zero-order valence-corrected chi connectivity index (χ0v) is 18.5. The molecule has 2 amide bonds. The van der Waals surface area contributed by atoms with Crippen LogP contribution in [0.4, 0.5) is 20.9 Å². The Morgan fingerprint density at radius 2 is 2.03 bits per heavy atom. The first-order chi connectivity index (χ1) is 14.4. The number of aromatic nitrogens is 1. The number of para-hydroxylation sites is 1. The third kappa shape index (κ3) is 5.11. The van der Waals surface area contributed by atoms with Crippen molar-refractivity contribution in [3.8, 4) is 5.75 Å². The van der Waals surface area contributed by atoms with Crippen LogP contribution in [-0.2, 0) is 9.59 Å². The molecule has 0 aliphatic carbocycles. The van der Waals surface area contributed by atoms with Gasteiger partial charge in [-0.05, 0) is 36.4 Å². The van der Waals surface area contributed by atoms with Crippen LogP contribution in [0.15, 0.2) is 58.4 Å². The molecule has 1 N–H and O–H groups in total. The van der Waals surface area contributed by atoms with Gasteiger partial charge in [-0.25, -0.2) is 9.37 Å². The van der Waals surface area contributed by atoms with E-state index >= 15 is 0 Å². The van der Waals surface area contributed by atoms with Gasteiger partial charge in [0.2, 0.25) is 11.8 Å². The Bertz CT molecular complexity index is 1120. The van der Waals surface area contributed by atoms with Crippen LogP contribution in [0.1, 0.15) is 12.6 Å². The standard InChI is InChI=1S/C21H17BrFN3O3S/c1-13(27)26(18-6-4-3-5-16(18)23)21-24-15(12-30-21)8-10-20(28)25-17-11-14(22)7-9-19(17)29-2/h3-12H,1-2H3,(H,25,28). The summed E-state index contributed by atoms with van der Waals surface area (Å²) < 4.78 is 20.2. The highest BCUT2D eigenvalue weighted by Crippen LogP contribution is 2.31. The Morgan fingerprint density at radius 3 is 2.73 bits per heavy atom. The topological polar surface area (TPSA) is 71.5 Å². The van der Waals surface area contributed by atoms with Crippen LogP contribution >= 0.6 is 27.3 Å². The predicted molar refractivity (Wildman–Crippen MR) is 120 cm³/mol. The molecule has 0 fully saturated rings. The average molecular weight is 490 g/mol. The molecular weight excluding hydrogens is 473 g/mol. The summed E-state index contributed by atoms with van der Waals surface area (Å²) >= 11 is 4.52. The molecule has 3 rings (SSSR count). The monoisotopic (exact) mass is 489 g/mol. The largest absolute Gasteiger partial charge is 0.495 e. The minimum Gasteiger partial charge on any atom is -0.495 e. The first kappa shape index (κ1) is 21.7. The van der Waals surface area contributed by atoms with Crippen LogP contribution in [0.5, 0.6) is 5.75 Å². The normalized spacial score (nSPS) is 10.8. The van der Waals surface area contributed by atoms with Gasteiger partial charge in [0.05, 0.1) is 24.2 Å². The number of amides is 2. The summed E-state index contributed by atoms with van der Waals surface area (Å²) in [6.45, 7) is 1.34. The van der Waals surface area contributed by atoms with Crippen molar-refractivity contribution in [1.82, 2.24) is 4.98 Å². The van der Waals surface area contributed by atoms with Gasteiger partial charge in [-0.3, -0.25) is 14.5 Å². The summed E-state index contributed by atoms with van der Waals surface area (Å²) in [5.41, 5.74) is 1.10. The van der Waals surface area contributed by atoms with Gasteiger partial charge in [0.1, 0.15) is 11.6 Å². The SMILES string of the molecule is COc1ccc(Br)cc1NC(=O)C=Cc1csc(N(C(C)=O)c2ccccc2F)n1. The lowest BCUT2D eigenvalue weighted by atomic mass is 10.3. The molecule has 1 heterocycles. The zero-order chi connectivity index (χ0) is 21.7. The van der Waals surface area contributed by atoms with Gasteiger partial charge < -0.3 is 10.1 Å². The van der Waals surface area contributed by atoms with Gasteiger partial charge in [-0.15, -0.1) is 11.3 Å². The number of nitrogens with one attached hydrogen (secondary N) is 1. The molecule has 0 saturated carbocycles. The number of nitrogens with zero attached hydrogens (tertiary/aromatic N) is 2. The first-order valence-electron chi connectivity index (χ1n) is 8.72. The Kier molecular flexibility index (Phi) is 6.96. The number of ether oxygens (including phenoxy) is 1. The van der Waals surface area contributed by atoms with E-state index in [1.807, 2.05) is 0 Å². The number of hydrogen-bond acceptors (Lipinski definition) is 5. The van der Waals surface area contributed by atoms with Crippen LogP contribution in [0.3, 0.4) is 0 Å². The van der Waals surface area contributed by atoms with Crippen molar-refractivity contribution in [1.29, 1.82) is 0 Å². The molecule has 0 aliphatic heterocycles. The minimum atomic E-state index is -0.526. The number of methoxy groups -OCH3 is 1. The molecule has 2 aromatic carbocycles. The zero-order valence-electron chi connectivity index (χ0n) is 16.1. The second-order valence-electron chi connectivity index (χ2n) is 6.03. The van der Waals surface area contributed by atoms with E-state index in [2.05, 4.69) is 26.2 Å². The number of thiazole rings is 1. The van der Waals surface area contributed by atoms with Gasteiger partial charge in [0, 0.05) is 22.9 Å². The third-order valence-electron chi connectivity index (χ3n) is 3.93. The second-order valence-corrected chi connectivity index (χ2v) is 7.78. The number of hydrogen-bond donors (Lipinski definition) is 1. The second kappa shape index (κ2) is 9.64. The lowest BCUT2D eigenvalue weighted by Gasteiger charge is -2.18. The van der Waals surface area contributed by atoms with Crippen molar-refractivity contribution in [2.24, 2.45) is 0 Å². The van der Waals surface area contributed by atoms with Crippen molar-refractivity contribution in [3.63, 3.8) is 0 Å². The van der Waals surface area contributed by atoms with E-state index in [9.17, 15) is 14.0 Å². The number of carbonyl (C=O) groups excluding carboxylic acids is 2. The predicted octanol–water partition coefficient (Wildman–Crippen LogP) is 5.39. The molecule has 1 aromatic heterocycles. The molecular formula is C21H17BrFN3O3S. The molecule has 3 aromatic rings. The average Bonchev–Trinajstić information content (AvgIpc) is 3.16. The number of benzene rings is 2. The van der Waals surface area contributed by atoms with Gasteiger partial charge in [0.15, 0.2) is 5.13 Å². The number of halogens is 2. The Balaban J connectivity index is 1.77. The molecule has 0 radical (unpaired) electrons. The maximum absolute atomic E-state index is 14.1. The fourth-order valence-corrected chi connectivity index (χ4v) is 3.82. The summed E-state index contributed by atoms with van der Waals surface area (Å²) in [5.74, 6) is -0.747. The highest BCUT2D eigenvalue weighted by Gasteiger charge is 2.20. The van der Waals surface area contributed by atoms with E-state index in [-0.39, 0.29) is 17.5 Å². The molecule has 0 aliphatic rings. The van der Waals surface area contributed by atoms with Crippen molar-refractivity contribution in [2.45, 2.75) is 6.92 Å². The molecule has 0 saturated heterocycles. The minimum absolute atomic E-state index is 0.120. The van der Waals surface area contributed by atoms with E-state index < -0.39 is 5.82 Å². The van der Waals surface area contributed by atoms with E-state index in [1.165, 1.54) is 54.6 Å². The van der Waals surface area contributed by atoms with Crippen molar-refractivity contribution in [3.05, 3.63) is 69.9 Å². The highest BCUT2D eigenvalue weighted by atomic mass is 79.9. The molecule has 0 atom stereocenters. The van der Waals surface area contributed by atoms with E-state index in [1.54, 1.807) is 35.7 Å². The van der Waals surface area contributed by atoms with Crippen molar-refractivity contribution < 1.29 is 18.7 Å². The third-order valence-corrected chi connectivity index (χ3v) is 5.27. The first-order valence-corrected chi connectivity index (χ1v) is 10.4. The Labute approximate surface area is 185 Å². The molecule has 0 unspecified atom stereocenters. The molecule has 30 heavy (non-hydrogen) atoms. The summed E-state index contributed by atoms with van der Waals surface area (Å²) in [6, 6.07) is 11.2. The van der Waals surface area contributed by atoms with Gasteiger partial charge >= 0.3 is 0 Å². The summed E-state index contributed by atoms with van der Waals surface area (Å²) in [7, 11) is 1.52. The quantitative estimate of drug-likeness (QED) is 0.471. The van der Waals surface area contributed by atoms with E-state index in [0.717, 1.165) is 4.47 Å². The van der Waals surface area contributed by atoms with Crippen LogP contribution in [0.25, 0.3) is 6.08 Å². The fourth-order valence-electron chi connectivity index (χ4n) is 2.61.